The van der Waals surface area contributed by atoms with Crippen LogP contribution in [0, 0.1) is 0 Å². The fourth-order valence-electron chi connectivity index (χ4n) is 3.26. The number of amides is 1. The fraction of sp³-hybridized carbons (Fsp3) is 0.600. The summed E-state index contributed by atoms with van der Waals surface area (Å²) < 4.78 is 15.8. The number of allylic oxidation sites excluding steroid dienone is 1. The van der Waals surface area contributed by atoms with E-state index in [-0.39, 0.29) is 18.6 Å². The van der Waals surface area contributed by atoms with Gasteiger partial charge in [0.1, 0.15) is 11.5 Å². The van der Waals surface area contributed by atoms with Crippen LogP contribution in [0.2, 0.25) is 0 Å². The highest BCUT2D eigenvalue weighted by Crippen LogP contribution is 2.14. The van der Waals surface area contributed by atoms with Crippen LogP contribution < -0.4 is 15.7 Å². The third-order valence-corrected chi connectivity index (χ3v) is 5.47. The molecule has 0 radical (unpaired) electrons. The molecule has 0 saturated heterocycles. The molecule has 1 heterocycles. The van der Waals surface area contributed by atoms with E-state index in [4.69, 9.17) is 25.5 Å². The van der Waals surface area contributed by atoms with E-state index < -0.39 is 5.63 Å². The topological polar surface area (TPSA) is 77.8 Å². The second-order valence-corrected chi connectivity index (χ2v) is 8.03. The summed E-state index contributed by atoms with van der Waals surface area (Å²) in [4.78, 5) is 23.7. The number of nitrogens with one attached hydrogen (secondary N) is 1. The van der Waals surface area contributed by atoms with Crippen molar-refractivity contribution in [3.8, 4) is 5.75 Å². The van der Waals surface area contributed by atoms with Crippen LogP contribution in [-0.4, -0.2) is 32.8 Å². The lowest BCUT2D eigenvalue weighted by Crippen LogP contribution is -2.25. The van der Waals surface area contributed by atoms with Gasteiger partial charge in [-0.15, -0.1) is 0 Å². The largest absolute Gasteiger partial charge is 0.496 e. The predicted molar refractivity (Wildman–Crippen MR) is 129 cm³/mol. The first kappa shape index (κ1) is 28.0. The number of rotatable bonds is 17. The van der Waals surface area contributed by atoms with Gasteiger partial charge in [0.25, 0.3) is 0 Å². The Kier molecular flexibility index (Phi) is 15.3. The molecule has 1 aromatic heterocycles. The molecular formula is C25H38ClNO5. The molecule has 0 saturated carbocycles. The predicted octanol–water partition coefficient (Wildman–Crippen LogP) is 5.53. The minimum atomic E-state index is -0.490. The van der Waals surface area contributed by atoms with E-state index in [0.717, 1.165) is 18.4 Å². The quantitative estimate of drug-likeness (QED) is 0.240. The summed E-state index contributed by atoms with van der Waals surface area (Å²) in [7, 11) is 3.24. The lowest BCUT2D eigenvalue weighted by Gasteiger charge is -2.12. The zero-order chi connectivity index (χ0) is 23.6. The number of unbranched alkanes of at least 4 members (excludes halogenated alkanes) is 4. The summed E-state index contributed by atoms with van der Waals surface area (Å²) in [5.74, 6) is 0.793. The Morgan fingerprint density at radius 1 is 1.19 bits per heavy atom. The number of ether oxygens (including phenoxy) is 2. The second-order valence-electron chi connectivity index (χ2n) is 7.81. The summed E-state index contributed by atoms with van der Waals surface area (Å²) in [6.07, 6.45) is 14.0. The van der Waals surface area contributed by atoms with Crippen molar-refractivity contribution < 1.29 is 18.7 Å². The zero-order valence-corrected chi connectivity index (χ0v) is 20.4. The molecule has 32 heavy (non-hydrogen) atoms. The van der Waals surface area contributed by atoms with Crippen LogP contribution in [0.4, 0.5) is 0 Å². The van der Waals surface area contributed by atoms with Gasteiger partial charge in [-0.1, -0.05) is 62.8 Å². The molecule has 1 rings (SSSR count). The summed E-state index contributed by atoms with van der Waals surface area (Å²) in [6.45, 7) is 2.51. The van der Waals surface area contributed by atoms with E-state index in [1.165, 1.54) is 50.8 Å². The molecule has 6 nitrogen and oxygen atoms in total. The Bertz CT molecular complexity index is 772. The molecule has 1 N–H and O–H groups in total. The van der Waals surface area contributed by atoms with Gasteiger partial charge in [0, 0.05) is 38.1 Å². The summed E-state index contributed by atoms with van der Waals surface area (Å²) in [5, 5.41) is 2.85. The molecule has 1 amide bonds. The number of hydrogen-bond acceptors (Lipinski definition) is 5. The lowest BCUT2D eigenvalue weighted by atomic mass is 10.1. The van der Waals surface area contributed by atoms with Gasteiger partial charge in [-0.3, -0.25) is 4.79 Å². The first-order valence-electron chi connectivity index (χ1n) is 11.4. The van der Waals surface area contributed by atoms with E-state index in [2.05, 4.69) is 18.3 Å². The van der Waals surface area contributed by atoms with Gasteiger partial charge in [-0.2, -0.15) is 0 Å². The molecule has 0 spiro atoms. The van der Waals surface area contributed by atoms with Crippen LogP contribution in [0.15, 0.2) is 44.6 Å². The second kappa shape index (κ2) is 17.5. The Hall–Kier alpha value is -2.05. The van der Waals surface area contributed by atoms with E-state index in [0.29, 0.717) is 30.8 Å². The normalized spacial score (nSPS) is 12.8. The monoisotopic (exact) mass is 467 g/mol. The number of methoxy groups -OCH3 is 2. The van der Waals surface area contributed by atoms with Crippen molar-refractivity contribution in [2.75, 3.05) is 20.8 Å². The summed E-state index contributed by atoms with van der Waals surface area (Å²) in [6, 6.07) is 2.90. The molecule has 7 heteroatoms. The maximum atomic E-state index is 12.1. The third kappa shape index (κ3) is 12.7. The van der Waals surface area contributed by atoms with Gasteiger partial charge >= 0.3 is 5.63 Å². The summed E-state index contributed by atoms with van der Waals surface area (Å²) >= 11 is 5.88. The Morgan fingerprint density at radius 2 is 1.97 bits per heavy atom. The molecule has 1 atom stereocenters. The van der Waals surface area contributed by atoms with Gasteiger partial charge in [-0.05, 0) is 24.8 Å². The Balaban J connectivity index is 2.29. The lowest BCUT2D eigenvalue weighted by molar-refractivity contribution is -0.120. The molecule has 0 aliphatic rings. The molecule has 0 fully saturated rings. The molecule has 0 bridgehead atoms. The van der Waals surface area contributed by atoms with Crippen LogP contribution in [0.1, 0.15) is 70.5 Å². The van der Waals surface area contributed by atoms with Crippen molar-refractivity contribution in [2.45, 2.75) is 77.2 Å². The Morgan fingerprint density at radius 3 is 2.66 bits per heavy atom. The first-order chi connectivity index (χ1) is 15.5. The molecular weight excluding hydrogens is 430 g/mol. The van der Waals surface area contributed by atoms with E-state index >= 15 is 0 Å². The highest BCUT2D eigenvalue weighted by atomic mass is 35.5. The van der Waals surface area contributed by atoms with Crippen molar-refractivity contribution in [1.82, 2.24) is 5.32 Å². The maximum Gasteiger partial charge on any atom is 0.339 e. The van der Waals surface area contributed by atoms with E-state index in [9.17, 15) is 9.59 Å². The van der Waals surface area contributed by atoms with Crippen LogP contribution >= 0.6 is 11.6 Å². The average molecular weight is 468 g/mol. The SMILES string of the molecule is CCCCCCC[C@@H](CC=CCCC(=O)NCC(=CCl)Cc1cc(OC)cc(=O)o1)OC. The highest BCUT2D eigenvalue weighted by molar-refractivity contribution is 6.25. The minimum Gasteiger partial charge on any atom is -0.496 e. The third-order valence-electron chi connectivity index (χ3n) is 5.17. The first-order valence-corrected chi connectivity index (χ1v) is 11.9. The standard InChI is InChI=1S/C25H38ClNO5/c1-4-5-6-7-9-12-21(30-2)13-10-8-11-14-24(28)27-19-20(18-26)15-23-16-22(31-3)17-25(29)32-23/h8,10,16-18,21H,4-7,9,11-15,19H2,1-3H3,(H,27,28)/t21-/m0/s1. The fourth-order valence-corrected chi connectivity index (χ4v) is 3.42. The van der Waals surface area contributed by atoms with Gasteiger partial charge in [0.2, 0.25) is 5.91 Å². The molecule has 1 aromatic rings. The highest BCUT2D eigenvalue weighted by Gasteiger charge is 2.08. The van der Waals surface area contributed by atoms with Crippen LogP contribution in [0.25, 0.3) is 0 Å². The van der Waals surface area contributed by atoms with Gasteiger partial charge in [0.15, 0.2) is 0 Å². The number of halogens is 1. The van der Waals surface area contributed by atoms with Crippen molar-refractivity contribution in [2.24, 2.45) is 0 Å². The van der Waals surface area contributed by atoms with Crippen molar-refractivity contribution in [3.05, 3.63) is 51.6 Å². The summed E-state index contributed by atoms with van der Waals surface area (Å²) in [5.41, 5.74) is 1.64. The number of hydrogen-bond donors (Lipinski definition) is 1. The minimum absolute atomic E-state index is 0.0584. The van der Waals surface area contributed by atoms with Crippen LogP contribution in [0.5, 0.6) is 5.75 Å². The smallest absolute Gasteiger partial charge is 0.339 e. The maximum absolute atomic E-state index is 12.1. The van der Waals surface area contributed by atoms with E-state index in [1.54, 1.807) is 13.2 Å². The number of carbonyl (C=O) groups excluding carboxylic acids is 1. The van der Waals surface area contributed by atoms with Crippen molar-refractivity contribution >= 4 is 17.5 Å². The molecule has 0 aromatic carbocycles. The molecule has 0 unspecified atom stereocenters. The van der Waals surface area contributed by atoms with Gasteiger partial charge < -0.3 is 19.2 Å². The number of carbonyl (C=O) groups is 1. The van der Waals surface area contributed by atoms with E-state index in [1.807, 2.05) is 6.08 Å². The molecule has 0 aliphatic carbocycles. The zero-order valence-electron chi connectivity index (χ0n) is 19.7. The van der Waals surface area contributed by atoms with Crippen LogP contribution in [-0.2, 0) is 16.0 Å². The Labute approximate surface area is 197 Å². The van der Waals surface area contributed by atoms with Crippen LogP contribution in [0.3, 0.4) is 0 Å². The van der Waals surface area contributed by atoms with Crippen molar-refractivity contribution in [3.63, 3.8) is 0 Å². The average Bonchev–Trinajstić information content (AvgIpc) is 2.79. The van der Waals surface area contributed by atoms with Gasteiger partial charge in [0.05, 0.1) is 19.3 Å². The van der Waals surface area contributed by atoms with Gasteiger partial charge in [-0.25, -0.2) is 4.79 Å². The molecule has 180 valence electrons. The molecule has 0 aliphatic heterocycles. The van der Waals surface area contributed by atoms with Crippen molar-refractivity contribution in [1.29, 1.82) is 0 Å².